The van der Waals surface area contributed by atoms with Gasteiger partial charge in [-0.05, 0) is 44.0 Å². The molecule has 0 spiro atoms. The number of amides is 2. The molecule has 0 bridgehead atoms. The molecule has 150 valence electrons. The molecule has 2 heterocycles. The minimum atomic E-state index is -0.151. The van der Waals surface area contributed by atoms with Gasteiger partial charge >= 0.3 is 0 Å². The van der Waals surface area contributed by atoms with E-state index in [2.05, 4.69) is 25.7 Å². The fourth-order valence-electron chi connectivity index (χ4n) is 3.72. The van der Waals surface area contributed by atoms with Crippen LogP contribution in [0.15, 0.2) is 48.5 Å². The lowest BCUT2D eigenvalue weighted by Gasteiger charge is -2.31. The summed E-state index contributed by atoms with van der Waals surface area (Å²) in [6.45, 7) is 3.90. The maximum absolute atomic E-state index is 12.7. The van der Waals surface area contributed by atoms with Gasteiger partial charge in [-0.3, -0.25) is 19.6 Å². The van der Waals surface area contributed by atoms with Gasteiger partial charge in [0.15, 0.2) is 5.69 Å². The summed E-state index contributed by atoms with van der Waals surface area (Å²) in [5.74, 6) is -0.167. The highest BCUT2D eigenvalue weighted by molar-refractivity contribution is 6.04. The van der Waals surface area contributed by atoms with E-state index in [1.807, 2.05) is 55.5 Å². The molecular weight excluding hydrogens is 366 g/mol. The molecule has 7 heteroatoms. The van der Waals surface area contributed by atoms with Gasteiger partial charge in [-0.1, -0.05) is 29.8 Å². The lowest BCUT2D eigenvalue weighted by atomic mass is 10.0. The average Bonchev–Trinajstić information content (AvgIpc) is 3.13. The molecule has 3 aromatic rings. The quantitative estimate of drug-likeness (QED) is 0.624. The summed E-state index contributed by atoms with van der Waals surface area (Å²) in [4.78, 5) is 27.0. The highest BCUT2D eigenvalue weighted by Crippen LogP contribution is 2.18. The number of rotatable bonds is 5. The normalized spacial score (nSPS) is 15.3. The van der Waals surface area contributed by atoms with Crippen LogP contribution in [-0.2, 0) is 4.79 Å². The van der Waals surface area contributed by atoms with Crippen LogP contribution in [0.4, 0.5) is 5.69 Å². The number of likely N-dealkylation sites (tertiary alicyclic amines) is 1. The second-order valence-corrected chi connectivity index (χ2v) is 7.56. The molecule has 1 aliphatic heterocycles. The van der Waals surface area contributed by atoms with Crippen LogP contribution >= 0.6 is 0 Å². The van der Waals surface area contributed by atoms with Crippen molar-refractivity contribution in [3.63, 3.8) is 0 Å². The highest BCUT2D eigenvalue weighted by atomic mass is 16.2. The Balaban J connectivity index is 1.28. The van der Waals surface area contributed by atoms with E-state index in [-0.39, 0.29) is 17.9 Å². The number of nitrogens with one attached hydrogen (secondary N) is 3. The van der Waals surface area contributed by atoms with Crippen LogP contribution in [-0.4, -0.2) is 52.6 Å². The number of carbonyl (C=O) groups excluding carboxylic acids is 2. The Bertz CT molecular complexity index is 1010. The number of fused-ring (bicyclic) bond motifs is 1. The molecule has 1 aliphatic rings. The van der Waals surface area contributed by atoms with E-state index in [4.69, 9.17) is 0 Å². The monoisotopic (exact) mass is 391 g/mol. The fourth-order valence-corrected chi connectivity index (χ4v) is 3.72. The summed E-state index contributed by atoms with van der Waals surface area (Å²) in [5.41, 5.74) is 3.20. The molecule has 0 aliphatic carbocycles. The summed E-state index contributed by atoms with van der Waals surface area (Å²) in [6, 6.07) is 15.5. The molecule has 2 amide bonds. The molecule has 0 unspecified atom stereocenters. The van der Waals surface area contributed by atoms with E-state index in [9.17, 15) is 9.59 Å². The molecule has 4 rings (SSSR count). The number of para-hydroxylation sites is 1. The molecule has 0 radical (unpaired) electrons. The van der Waals surface area contributed by atoms with Gasteiger partial charge in [0, 0.05) is 30.2 Å². The lowest BCUT2D eigenvalue weighted by Crippen LogP contribution is -2.46. The first-order valence-corrected chi connectivity index (χ1v) is 9.91. The van der Waals surface area contributed by atoms with E-state index in [1.54, 1.807) is 0 Å². The van der Waals surface area contributed by atoms with Crippen LogP contribution in [0.2, 0.25) is 0 Å². The minimum absolute atomic E-state index is 0.0166. The number of benzene rings is 2. The Morgan fingerprint density at radius 3 is 2.66 bits per heavy atom. The molecule has 0 saturated carbocycles. The smallest absolute Gasteiger partial charge is 0.272 e. The Labute approximate surface area is 169 Å². The van der Waals surface area contributed by atoms with Crippen LogP contribution in [0.5, 0.6) is 0 Å². The van der Waals surface area contributed by atoms with E-state index in [0.717, 1.165) is 48.1 Å². The topological polar surface area (TPSA) is 90.1 Å². The zero-order valence-electron chi connectivity index (χ0n) is 16.4. The van der Waals surface area contributed by atoms with Crippen molar-refractivity contribution in [3.8, 4) is 0 Å². The number of aromatic amines is 1. The highest BCUT2D eigenvalue weighted by Gasteiger charge is 2.24. The van der Waals surface area contributed by atoms with Gasteiger partial charge < -0.3 is 10.6 Å². The van der Waals surface area contributed by atoms with Crippen molar-refractivity contribution in [1.29, 1.82) is 0 Å². The van der Waals surface area contributed by atoms with Gasteiger partial charge in [0.25, 0.3) is 5.91 Å². The third-order valence-corrected chi connectivity index (χ3v) is 5.28. The summed E-state index contributed by atoms with van der Waals surface area (Å²) in [7, 11) is 0. The van der Waals surface area contributed by atoms with Gasteiger partial charge in [0.1, 0.15) is 0 Å². The number of piperidine rings is 1. The summed E-state index contributed by atoms with van der Waals surface area (Å²) in [5, 5.41) is 14.0. The second kappa shape index (κ2) is 8.45. The zero-order valence-corrected chi connectivity index (χ0v) is 16.4. The summed E-state index contributed by atoms with van der Waals surface area (Å²) in [6.07, 6.45) is 1.62. The average molecular weight is 391 g/mol. The SMILES string of the molecule is Cc1ccc2[nH]nc(C(=O)NC3CCN(CC(=O)Nc4ccccc4)CC3)c2c1. The van der Waals surface area contributed by atoms with Crippen molar-refractivity contribution < 1.29 is 9.59 Å². The van der Waals surface area contributed by atoms with Crippen molar-refractivity contribution in [2.75, 3.05) is 25.0 Å². The first-order valence-electron chi connectivity index (χ1n) is 9.91. The van der Waals surface area contributed by atoms with E-state index >= 15 is 0 Å². The number of nitrogens with zero attached hydrogens (tertiary/aromatic N) is 2. The van der Waals surface area contributed by atoms with Crippen LogP contribution in [0.3, 0.4) is 0 Å². The van der Waals surface area contributed by atoms with E-state index in [0.29, 0.717) is 12.2 Å². The number of H-pyrrole nitrogens is 1. The van der Waals surface area contributed by atoms with Crippen molar-refractivity contribution in [2.24, 2.45) is 0 Å². The number of anilines is 1. The number of hydrogen-bond acceptors (Lipinski definition) is 4. The van der Waals surface area contributed by atoms with Crippen molar-refractivity contribution in [2.45, 2.75) is 25.8 Å². The summed E-state index contributed by atoms with van der Waals surface area (Å²) >= 11 is 0. The molecule has 2 aromatic carbocycles. The Hall–Kier alpha value is -3.19. The predicted octanol–water partition coefficient (Wildman–Crippen LogP) is 2.70. The standard InChI is InChI=1S/C22H25N5O2/c1-15-7-8-19-18(13-15)21(26-25-19)22(29)24-17-9-11-27(12-10-17)14-20(28)23-16-5-3-2-4-6-16/h2-8,13,17H,9-12,14H2,1H3,(H,23,28)(H,24,29)(H,25,26). The van der Waals surface area contributed by atoms with Crippen molar-refractivity contribution in [1.82, 2.24) is 20.4 Å². The number of aromatic nitrogens is 2. The third-order valence-electron chi connectivity index (χ3n) is 5.28. The van der Waals surface area contributed by atoms with Gasteiger partial charge in [0.05, 0.1) is 12.1 Å². The number of aryl methyl sites for hydroxylation is 1. The molecule has 1 fully saturated rings. The van der Waals surface area contributed by atoms with Gasteiger partial charge in [0.2, 0.25) is 5.91 Å². The maximum atomic E-state index is 12.7. The molecule has 0 atom stereocenters. The fraction of sp³-hybridized carbons (Fsp3) is 0.318. The molecular formula is C22H25N5O2. The van der Waals surface area contributed by atoms with Gasteiger partial charge in [-0.2, -0.15) is 5.10 Å². The van der Waals surface area contributed by atoms with E-state index in [1.165, 1.54) is 0 Å². The molecule has 3 N–H and O–H groups in total. The maximum Gasteiger partial charge on any atom is 0.272 e. The van der Waals surface area contributed by atoms with Crippen molar-refractivity contribution >= 4 is 28.4 Å². The van der Waals surface area contributed by atoms with Crippen LogP contribution < -0.4 is 10.6 Å². The second-order valence-electron chi connectivity index (χ2n) is 7.56. The molecule has 7 nitrogen and oxygen atoms in total. The van der Waals surface area contributed by atoms with Crippen LogP contribution in [0.25, 0.3) is 10.9 Å². The van der Waals surface area contributed by atoms with E-state index < -0.39 is 0 Å². The van der Waals surface area contributed by atoms with Gasteiger partial charge in [-0.25, -0.2) is 0 Å². The van der Waals surface area contributed by atoms with Crippen LogP contribution in [0, 0.1) is 6.92 Å². The van der Waals surface area contributed by atoms with Crippen molar-refractivity contribution in [3.05, 3.63) is 59.8 Å². The third kappa shape index (κ3) is 4.63. The summed E-state index contributed by atoms with van der Waals surface area (Å²) < 4.78 is 0. The lowest BCUT2D eigenvalue weighted by molar-refractivity contribution is -0.117. The largest absolute Gasteiger partial charge is 0.348 e. The molecule has 1 saturated heterocycles. The Kier molecular flexibility index (Phi) is 5.57. The first kappa shape index (κ1) is 19.1. The van der Waals surface area contributed by atoms with Gasteiger partial charge in [-0.15, -0.1) is 0 Å². The Morgan fingerprint density at radius 1 is 1.14 bits per heavy atom. The molecule has 29 heavy (non-hydrogen) atoms. The minimum Gasteiger partial charge on any atom is -0.348 e. The first-order chi connectivity index (χ1) is 14.1. The number of hydrogen-bond donors (Lipinski definition) is 3. The molecule has 1 aromatic heterocycles. The predicted molar refractivity (Wildman–Crippen MR) is 113 cm³/mol. The van der Waals surface area contributed by atoms with Crippen LogP contribution in [0.1, 0.15) is 28.9 Å². The zero-order chi connectivity index (χ0) is 20.2. The number of carbonyl (C=O) groups is 2. The Morgan fingerprint density at radius 2 is 1.90 bits per heavy atom.